The Morgan fingerprint density at radius 3 is 2.67 bits per heavy atom. The summed E-state index contributed by atoms with van der Waals surface area (Å²) in [5.41, 5.74) is 0. The molecule has 18 heavy (non-hydrogen) atoms. The molecule has 3 aliphatic rings. The molecule has 0 radical (unpaired) electrons. The summed E-state index contributed by atoms with van der Waals surface area (Å²) in [5, 5.41) is 3.85. The Bertz CT molecular complexity index is 247. The molecule has 0 aromatic heterocycles. The molecule has 1 saturated carbocycles. The van der Waals surface area contributed by atoms with Crippen LogP contribution in [0.2, 0.25) is 0 Å². The molecule has 2 heterocycles. The zero-order valence-electron chi connectivity index (χ0n) is 11.9. The molecule has 2 aliphatic heterocycles. The van der Waals surface area contributed by atoms with Crippen molar-refractivity contribution >= 4 is 0 Å². The maximum atomic E-state index is 3.85. The SMILES string of the molecule is C1CCC(CCNC2CCN3CCCC3C2)CC1. The van der Waals surface area contributed by atoms with Crippen LogP contribution >= 0.6 is 0 Å². The molecule has 2 atom stereocenters. The van der Waals surface area contributed by atoms with E-state index < -0.39 is 0 Å². The van der Waals surface area contributed by atoms with Crippen LogP contribution < -0.4 is 5.32 Å². The zero-order chi connectivity index (χ0) is 12.2. The lowest BCUT2D eigenvalue weighted by Gasteiger charge is -2.35. The van der Waals surface area contributed by atoms with Crippen molar-refractivity contribution in [1.82, 2.24) is 10.2 Å². The summed E-state index contributed by atoms with van der Waals surface area (Å²) in [4.78, 5) is 2.72. The first-order valence-corrected chi connectivity index (χ1v) is 8.39. The Kier molecular flexibility index (Phi) is 4.58. The van der Waals surface area contributed by atoms with Gasteiger partial charge in [0.2, 0.25) is 0 Å². The fraction of sp³-hybridized carbons (Fsp3) is 1.00. The topological polar surface area (TPSA) is 15.3 Å². The van der Waals surface area contributed by atoms with Crippen LogP contribution in [0, 0.1) is 5.92 Å². The van der Waals surface area contributed by atoms with Gasteiger partial charge in [0.25, 0.3) is 0 Å². The zero-order valence-corrected chi connectivity index (χ0v) is 11.9. The highest BCUT2D eigenvalue weighted by Gasteiger charge is 2.31. The van der Waals surface area contributed by atoms with Crippen LogP contribution in [0.4, 0.5) is 0 Å². The van der Waals surface area contributed by atoms with Gasteiger partial charge in [0.1, 0.15) is 0 Å². The van der Waals surface area contributed by atoms with Crippen LogP contribution in [0.5, 0.6) is 0 Å². The van der Waals surface area contributed by atoms with Crippen molar-refractivity contribution in [3.63, 3.8) is 0 Å². The minimum atomic E-state index is 0.827. The lowest BCUT2D eigenvalue weighted by molar-refractivity contribution is 0.165. The number of hydrogen-bond acceptors (Lipinski definition) is 2. The molecular weight excluding hydrogens is 220 g/mol. The summed E-state index contributed by atoms with van der Waals surface area (Å²) in [7, 11) is 0. The number of nitrogens with zero attached hydrogens (tertiary/aromatic N) is 1. The molecule has 3 rings (SSSR count). The molecule has 0 amide bonds. The number of rotatable bonds is 4. The average Bonchev–Trinajstić information content (AvgIpc) is 2.87. The smallest absolute Gasteiger partial charge is 0.0111 e. The van der Waals surface area contributed by atoms with E-state index in [1.165, 1.54) is 83.8 Å². The third kappa shape index (κ3) is 3.27. The van der Waals surface area contributed by atoms with Gasteiger partial charge >= 0.3 is 0 Å². The van der Waals surface area contributed by atoms with Gasteiger partial charge in [-0.15, -0.1) is 0 Å². The van der Waals surface area contributed by atoms with Gasteiger partial charge in [-0.25, -0.2) is 0 Å². The molecule has 2 heteroatoms. The van der Waals surface area contributed by atoms with Crippen molar-refractivity contribution in [2.75, 3.05) is 19.6 Å². The molecule has 104 valence electrons. The third-order valence-corrected chi connectivity index (χ3v) is 5.53. The average molecular weight is 250 g/mol. The summed E-state index contributed by atoms with van der Waals surface area (Å²) in [6.07, 6.45) is 14.6. The summed E-state index contributed by atoms with van der Waals surface area (Å²) < 4.78 is 0. The Balaban J connectivity index is 1.33. The van der Waals surface area contributed by atoms with Gasteiger partial charge in [-0.2, -0.15) is 0 Å². The van der Waals surface area contributed by atoms with Crippen molar-refractivity contribution < 1.29 is 0 Å². The molecule has 0 aromatic rings. The van der Waals surface area contributed by atoms with Crippen LogP contribution in [0.3, 0.4) is 0 Å². The summed E-state index contributed by atoms with van der Waals surface area (Å²) in [5.74, 6) is 1.04. The first-order chi connectivity index (χ1) is 8.92. The van der Waals surface area contributed by atoms with Gasteiger partial charge in [0.05, 0.1) is 0 Å². The molecule has 3 fully saturated rings. The first kappa shape index (κ1) is 12.9. The second kappa shape index (κ2) is 6.38. The molecule has 0 aromatic carbocycles. The van der Waals surface area contributed by atoms with E-state index in [9.17, 15) is 0 Å². The minimum absolute atomic E-state index is 0.827. The van der Waals surface area contributed by atoms with Gasteiger partial charge in [-0.05, 0) is 57.7 Å². The molecule has 2 unspecified atom stereocenters. The second-order valence-electron chi connectivity index (χ2n) is 6.80. The van der Waals surface area contributed by atoms with Crippen LogP contribution in [0.1, 0.15) is 64.2 Å². The van der Waals surface area contributed by atoms with Crippen molar-refractivity contribution in [3.8, 4) is 0 Å². The number of piperidine rings is 1. The van der Waals surface area contributed by atoms with Gasteiger partial charge in [0, 0.05) is 12.1 Å². The highest BCUT2D eigenvalue weighted by molar-refractivity contribution is 4.89. The normalized spacial score (nSPS) is 34.7. The van der Waals surface area contributed by atoms with E-state index in [0.29, 0.717) is 0 Å². The highest BCUT2D eigenvalue weighted by atomic mass is 15.2. The van der Waals surface area contributed by atoms with Crippen molar-refractivity contribution in [2.45, 2.75) is 76.3 Å². The van der Waals surface area contributed by atoms with Gasteiger partial charge < -0.3 is 10.2 Å². The van der Waals surface area contributed by atoms with E-state index in [0.717, 1.165) is 18.0 Å². The predicted molar refractivity (Wildman–Crippen MR) is 76.8 cm³/mol. The maximum Gasteiger partial charge on any atom is 0.0111 e. The number of nitrogens with one attached hydrogen (secondary N) is 1. The molecular formula is C16H30N2. The van der Waals surface area contributed by atoms with Gasteiger partial charge in [0.15, 0.2) is 0 Å². The molecule has 2 saturated heterocycles. The Morgan fingerprint density at radius 1 is 0.889 bits per heavy atom. The van der Waals surface area contributed by atoms with Gasteiger partial charge in [-0.3, -0.25) is 0 Å². The van der Waals surface area contributed by atoms with Crippen molar-refractivity contribution in [2.24, 2.45) is 5.92 Å². The minimum Gasteiger partial charge on any atom is -0.314 e. The van der Waals surface area contributed by atoms with E-state index in [2.05, 4.69) is 10.2 Å². The monoisotopic (exact) mass is 250 g/mol. The van der Waals surface area contributed by atoms with E-state index in [1.807, 2.05) is 0 Å². The van der Waals surface area contributed by atoms with Crippen LogP contribution in [0.25, 0.3) is 0 Å². The number of fused-ring (bicyclic) bond motifs is 1. The van der Waals surface area contributed by atoms with E-state index in [-0.39, 0.29) is 0 Å². The molecule has 1 aliphatic carbocycles. The lowest BCUT2D eigenvalue weighted by atomic mass is 9.87. The van der Waals surface area contributed by atoms with Gasteiger partial charge in [-0.1, -0.05) is 32.1 Å². The Morgan fingerprint density at radius 2 is 1.78 bits per heavy atom. The van der Waals surface area contributed by atoms with Crippen molar-refractivity contribution in [3.05, 3.63) is 0 Å². The summed E-state index contributed by atoms with van der Waals surface area (Å²) in [6.45, 7) is 4.01. The lowest BCUT2D eigenvalue weighted by Crippen LogP contribution is -2.46. The second-order valence-corrected chi connectivity index (χ2v) is 6.80. The highest BCUT2D eigenvalue weighted by Crippen LogP contribution is 2.28. The summed E-state index contributed by atoms with van der Waals surface area (Å²) >= 11 is 0. The van der Waals surface area contributed by atoms with E-state index in [4.69, 9.17) is 0 Å². The molecule has 2 nitrogen and oxygen atoms in total. The van der Waals surface area contributed by atoms with Crippen LogP contribution in [-0.2, 0) is 0 Å². The van der Waals surface area contributed by atoms with Crippen LogP contribution in [-0.4, -0.2) is 36.6 Å². The quantitative estimate of drug-likeness (QED) is 0.824. The maximum absolute atomic E-state index is 3.85. The predicted octanol–water partition coefficient (Wildman–Crippen LogP) is 3.17. The fourth-order valence-electron chi connectivity index (χ4n) is 4.38. The first-order valence-electron chi connectivity index (χ1n) is 8.39. The van der Waals surface area contributed by atoms with E-state index in [1.54, 1.807) is 0 Å². The van der Waals surface area contributed by atoms with Crippen LogP contribution in [0.15, 0.2) is 0 Å². The molecule has 1 N–H and O–H groups in total. The molecule has 0 spiro atoms. The van der Waals surface area contributed by atoms with E-state index >= 15 is 0 Å². The number of hydrogen-bond donors (Lipinski definition) is 1. The molecule has 0 bridgehead atoms. The Labute approximate surface area is 113 Å². The Hall–Kier alpha value is -0.0800. The third-order valence-electron chi connectivity index (χ3n) is 5.53. The van der Waals surface area contributed by atoms with Crippen molar-refractivity contribution in [1.29, 1.82) is 0 Å². The largest absolute Gasteiger partial charge is 0.314 e. The fourth-order valence-corrected chi connectivity index (χ4v) is 4.38. The summed E-state index contributed by atoms with van der Waals surface area (Å²) in [6, 6.07) is 1.75. The standard InChI is InChI=1S/C16H30N2/c1-2-5-14(6-3-1)8-10-17-15-9-12-18-11-4-7-16(18)13-15/h14-17H,1-13H2.